The minimum atomic E-state index is -0.547. The molecule has 1 aromatic carbocycles. The molecule has 0 radical (unpaired) electrons. The molecule has 0 atom stereocenters. The minimum Gasteiger partial charge on any atom is -0.147 e. The topological polar surface area (TPSA) is 18.5 Å². The van der Waals surface area contributed by atoms with Crippen LogP contribution in [0.15, 0.2) is 39.8 Å². The Morgan fingerprint density at radius 1 is 1.05 bits per heavy atom. The van der Waals surface area contributed by atoms with Crippen molar-refractivity contribution in [2.75, 3.05) is 7.11 Å². The maximum atomic E-state index is 6.09. The van der Waals surface area contributed by atoms with Crippen LogP contribution in [0.25, 0.3) is 0 Å². The molecule has 0 amide bonds. The van der Waals surface area contributed by atoms with Crippen LogP contribution >= 0.6 is 24.8 Å². The maximum Gasteiger partial charge on any atom is -0.147 e. The fourth-order valence-electron chi connectivity index (χ4n) is 2.04. The molecule has 1 aromatic rings. The van der Waals surface area contributed by atoms with E-state index in [4.69, 9.17) is 8.06 Å². The fraction of sp³-hybridized carbons (Fsp3) is 0.412. The van der Waals surface area contributed by atoms with Gasteiger partial charge in [-0.05, 0) is 0 Å². The van der Waals surface area contributed by atoms with Crippen LogP contribution in [0.1, 0.15) is 39.7 Å². The summed E-state index contributed by atoms with van der Waals surface area (Å²) < 4.78 is 13.0. The Labute approximate surface area is 155 Å². The number of ether oxygens (including phenoxy) is 1. The van der Waals surface area contributed by atoms with Gasteiger partial charge in [-0.3, -0.25) is 0 Å². The number of methoxy groups -OCH3 is 1. The fourth-order valence-corrected chi connectivity index (χ4v) is 3.30. The van der Waals surface area contributed by atoms with E-state index in [1.165, 1.54) is 15.0 Å². The van der Waals surface area contributed by atoms with Gasteiger partial charge >= 0.3 is 131 Å². The molecule has 0 saturated carbocycles. The van der Waals surface area contributed by atoms with Crippen LogP contribution in [0.4, 0.5) is 0 Å². The number of hydrogen-bond donors (Lipinski definition) is 0. The normalized spacial score (nSPS) is 13.3. The smallest absolute Gasteiger partial charge is 0.147 e. The molecular formula is C17H24Cl2O2Ti. The summed E-state index contributed by atoms with van der Waals surface area (Å²) in [5, 5.41) is 0. The van der Waals surface area contributed by atoms with Crippen molar-refractivity contribution in [1.82, 2.24) is 0 Å². The summed E-state index contributed by atoms with van der Waals surface area (Å²) >= 11 is -0.547. The third-order valence-corrected chi connectivity index (χ3v) is 5.29. The molecule has 0 N–H and O–H groups in total. The summed E-state index contributed by atoms with van der Waals surface area (Å²) in [5.41, 5.74) is 2.72. The number of hydrogen-bond acceptors (Lipinski definition) is 2. The molecule has 0 spiro atoms. The van der Waals surface area contributed by atoms with Gasteiger partial charge in [-0.15, -0.1) is 24.8 Å². The summed E-state index contributed by atoms with van der Waals surface area (Å²) in [4.78, 5) is 0. The van der Waals surface area contributed by atoms with Crippen molar-refractivity contribution in [2.24, 2.45) is 0 Å². The third kappa shape index (κ3) is 5.66. The van der Waals surface area contributed by atoms with Gasteiger partial charge in [0.25, 0.3) is 0 Å². The van der Waals surface area contributed by atoms with Crippen LogP contribution < -0.4 is 8.06 Å². The first-order valence-corrected chi connectivity index (χ1v) is 8.30. The predicted octanol–water partition coefficient (Wildman–Crippen LogP) is 5.45. The van der Waals surface area contributed by atoms with E-state index in [1.54, 1.807) is 7.11 Å². The van der Waals surface area contributed by atoms with Gasteiger partial charge in [0.1, 0.15) is 0 Å². The first-order valence-electron chi connectivity index (χ1n) is 6.89. The average molecular weight is 379 g/mol. The summed E-state index contributed by atoms with van der Waals surface area (Å²) in [5.74, 6) is 1.80. The van der Waals surface area contributed by atoms with Crippen LogP contribution in [0.5, 0.6) is 11.5 Å². The van der Waals surface area contributed by atoms with Crippen LogP contribution in [0.2, 0.25) is 0 Å². The molecule has 0 saturated heterocycles. The first kappa shape index (κ1) is 21.6. The van der Waals surface area contributed by atoms with E-state index in [9.17, 15) is 0 Å². The van der Waals surface area contributed by atoms with Crippen LogP contribution in [-0.2, 0) is 25.0 Å². The molecule has 0 aliphatic heterocycles. The quantitative estimate of drug-likeness (QED) is 0.648. The molecule has 0 unspecified atom stereocenters. The Hall–Kier alpha value is -0.406. The van der Waals surface area contributed by atoms with Gasteiger partial charge in [0.15, 0.2) is 0 Å². The minimum absolute atomic E-state index is 0. The molecule has 122 valence electrons. The molecule has 0 fully saturated rings. The summed E-state index contributed by atoms with van der Waals surface area (Å²) in [7, 11) is 1.70. The van der Waals surface area contributed by atoms with E-state index in [-0.39, 0.29) is 30.2 Å². The van der Waals surface area contributed by atoms with Crippen molar-refractivity contribution in [3.8, 4) is 11.5 Å². The molecular weight excluding hydrogens is 355 g/mol. The number of benzene rings is 1. The van der Waals surface area contributed by atoms with E-state index in [2.05, 4.69) is 52.0 Å². The van der Waals surface area contributed by atoms with Crippen molar-refractivity contribution >= 4 is 24.8 Å². The van der Waals surface area contributed by atoms with Crippen molar-refractivity contribution in [3.63, 3.8) is 0 Å². The number of rotatable bonds is 4. The molecule has 5 heteroatoms. The van der Waals surface area contributed by atoms with Crippen molar-refractivity contribution in [3.05, 3.63) is 45.4 Å². The van der Waals surface area contributed by atoms with Crippen molar-refractivity contribution in [2.45, 2.75) is 39.5 Å². The Balaban J connectivity index is 0.00000220. The second-order valence-corrected chi connectivity index (χ2v) is 7.70. The predicted molar refractivity (Wildman–Crippen MR) is 93.3 cm³/mol. The van der Waals surface area contributed by atoms with Gasteiger partial charge in [-0.25, -0.2) is 0 Å². The second-order valence-electron chi connectivity index (χ2n) is 6.12. The zero-order chi connectivity index (χ0) is 14.8. The van der Waals surface area contributed by atoms with Gasteiger partial charge in [-0.2, -0.15) is 0 Å². The average Bonchev–Trinajstić information content (AvgIpc) is 2.80. The number of allylic oxidation sites excluding steroid dienone is 4. The largest absolute Gasteiger partial charge is 0.147 e. The Kier molecular flexibility index (Phi) is 8.86. The molecule has 0 bridgehead atoms. The van der Waals surface area contributed by atoms with Gasteiger partial charge < -0.3 is 0 Å². The summed E-state index contributed by atoms with van der Waals surface area (Å²) in [6.45, 7) is 8.78. The van der Waals surface area contributed by atoms with Crippen LogP contribution in [0.3, 0.4) is 0 Å². The van der Waals surface area contributed by atoms with Crippen molar-refractivity contribution in [1.29, 1.82) is 0 Å². The van der Waals surface area contributed by atoms with Gasteiger partial charge in [-0.1, -0.05) is 0 Å². The Morgan fingerprint density at radius 3 is 2.18 bits per heavy atom. The maximum absolute atomic E-state index is 6.09. The zero-order valence-corrected chi connectivity index (χ0v) is 16.9. The zero-order valence-electron chi connectivity index (χ0n) is 13.7. The molecule has 22 heavy (non-hydrogen) atoms. The molecule has 1 aliphatic carbocycles. The third-order valence-electron chi connectivity index (χ3n) is 3.44. The first-order chi connectivity index (χ1) is 9.40. The van der Waals surface area contributed by atoms with E-state index in [0.717, 1.165) is 17.9 Å². The van der Waals surface area contributed by atoms with E-state index >= 15 is 0 Å². The molecule has 0 heterocycles. The summed E-state index contributed by atoms with van der Waals surface area (Å²) in [6.07, 6.45) is 5.46. The Bertz CT molecular complexity index is 560. The van der Waals surface area contributed by atoms with Gasteiger partial charge in [0.2, 0.25) is 0 Å². The monoisotopic (exact) mass is 378 g/mol. The number of halogens is 2. The van der Waals surface area contributed by atoms with Crippen LogP contribution in [0, 0.1) is 0 Å². The van der Waals surface area contributed by atoms with Gasteiger partial charge in [0, 0.05) is 0 Å². The van der Waals surface area contributed by atoms with Crippen molar-refractivity contribution < 1.29 is 27.6 Å². The molecule has 2 rings (SSSR count). The second kappa shape index (κ2) is 9.03. The van der Waals surface area contributed by atoms with E-state index in [0.29, 0.717) is 0 Å². The molecule has 2 nitrogen and oxygen atoms in total. The van der Waals surface area contributed by atoms with E-state index in [1.807, 2.05) is 6.07 Å². The summed E-state index contributed by atoms with van der Waals surface area (Å²) in [6, 6.07) is 6.22. The molecule has 0 aromatic heterocycles. The Morgan fingerprint density at radius 2 is 1.68 bits per heavy atom. The van der Waals surface area contributed by atoms with Crippen LogP contribution in [-0.4, -0.2) is 7.11 Å². The standard InChI is InChI=1S/C11H16O2.C6H7.2ClH.Ti/c1-11(2,3)8-5-9(12)7-10(6-8)13-4;1-6-4-2-3-5-6;;;/h5-7,12H,1-4H3;2,4H,3H2,1H3;2*1H;/q;;;;+1/p-1. The molecule has 1 aliphatic rings. The van der Waals surface area contributed by atoms with E-state index < -0.39 is 19.5 Å². The SMILES string of the molecule is COc1cc([O][Ti][C]2=C(C)C=CC2)cc(C(C)(C)C)c1.Cl.Cl. The van der Waals surface area contributed by atoms with Gasteiger partial charge in [0.05, 0.1) is 0 Å².